The monoisotopic (exact) mass is 254 g/mol. The number of amides is 1. The molecular weight excluding hydrogens is 228 g/mol. The lowest BCUT2D eigenvalue weighted by Gasteiger charge is -2.35. The number of Topliss-reactive ketones (excluding diaryl/α,β-unsaturated/α-hetero) is 1. The van der Waals surface area contributed by atoms with E-state index in [4.69, 9.17) is 0 Å². The lowest BCUT2D eigenvalue weighted by molar-refractivity contribution is -0.133. The summed E-state index contributed by atoms with van der Waals surface area (Å²) in [6, 6.07) is -0.161. The Labute approximate surface area is 110 Å². The van der Waals surface area contributed by atoms with Crippen LogP contribution in [0.15, 0.2) is 0 Å². The van der Waals surface area contributed by atoms with Gasteiger partial charge in [-0.15, -0.1) is 0 Å². The van der Waals surface area contributed by atoms with Gasteiger partial charge in [-0.2, -0.15) is 0 Å². The highest BCUT2D eigenvalue weighted by Crippen LogP contribution is 2.16. The largest absolute Gasteiger partial charge is 0.350 e. The van der Waals surface area contributed by atoms with E-state index in [0.29, 0.717) is 25.3 Å². The normalized spacial score (nSPS) is 23.8. The second-order valence-electron chi connectivity index (χ2n) is 6.01. The predicted octanol–water partition coefficient (Wildman–Crippen LogP) is 1.59. The first kappa shape index (κ1) is 15.2. The molecule has 1 N–H and O–H groups in total. The molecule has 2 unspecified atom stereocenters. The fraction of sp³-hybridized carbons (Fsp3) is 0.857. The second-order valence-corrected chi connectivity index (χ2v) is 6.01. The average Bonchev–Trinajstić information content (AvgIpc) is 2.31. The van der Waals surface area contributed by atoms with Gasteiger partial charge in [-0.05, 0) is 27.2 Å². The van der Waals surface area contributed by atoms with Crippen molar-refractivity contribution in [1.29, 1.82) is 0 Å². The third kappa shape index (κ3) is 3.80. The number of hydrogen-bond acceptors (Lipinski definition) is 3. The molecule has 0 radical (unpaired) electrons. The molecule has 0 aromatic carbocycles. The van der Waals surface area contributed by atoms with E-state index < -0.39 is 0 Å². The van der Waals surface area contributed by atoms with Gasteiger partial charge >= 0.3 is 0 Å². The molecule has 18 heavy (non-hydrogen) atoms. The number of ketones is 1. The van der Waals surface area contributed by atoms with Crippen LogP contribution in [0.25, 0.3) is 0 Å². The summed E-state index contributed by atoms with van der Waals surface area (Å²) in [5.74, 6) is 0.421. The van der Waals surface area contributed by atoms with Crippen LogP contribution in [0.3, 0.4) is 0 Å². The Morgan fingerprint density at radius 2 is 2.17 bits per heavy atom. The number of piperidine rings is 1. The summed E-state index contributed by atoms with van der Waals surface area (Å²) in [5, 5.41) is 3.06. The van der Waals surface area contributed by atoms with E-state index in [1.54, 1.807) is 0 Å². The van der Waals surface area contributed by atoms with Crippen molar-refractivity contribution in [2.24, 2.45) is 5.92 Å². The molecule has 0 aromatic heterocycles. The zero-order valence-corrected chi connectivity index (χ0v) is 12.2. The van der Waals surface area contributed by atoms with Gasteiger partial charge in [0.15, 0.2) is 0 Å². The molecule has 0 bridgehead atoms. The first-order valence-corrected chi connectivity index (χ1v) is 6.85. The summed E-state index contributed by atoms with van der Waals surface area (Å²) in [6.45, 7) is 11.4. The first-order chi connectivity index (χ1) is 8.26. The number of nitrogens with one attached hydrogen (secondary N) is 1. The Kier molecular flexibility index (Phi) is 4.91. The van der Waals surface area contributed by atoms with Crippen molar-refractivity contribution >= 4 is 11.7 Å². The molecule has 1 rings (SSSR count). The molecule has 1 fully saturated rings. The summed E-state index contributed by atoms with van der Waals surface area (Å²) in [6.07, 6.45) is 1.47. The fourth-order valence-electron chi connectivity index (χ4n) is 2.09. The number of carbonyl (C=O) groups excluding carboxylic acids is 2. The molecule has 1 aliphatic heterocycles. The van der Waals surface area contributed by atoms with Gasteiger partial charge in [0, 0.05) is 31.0 Å². The van der Waals surface area contributed by atoms with Gasteiger partial charge in [-0.25, -0.2) is 0 Å². The number of rotatable bonds is 4. The summed E-state index contributed by atoms with van der Waals surface area (Å²) < 4.78 is 0. The van der Waals surface area contributed by atoms with Crippen LogP contribution in [0.2, 0.25) is 0 Å². The van der Waals surface area contributed by atoms with Crippen LogP contribution in [0.5, 0.6) is 0 Å². The summed E-state index contributed by atoms with van der Waals surface area (Å²) in [7, 11) is 0. The molecule has 4 heteroatoms. The van der Waals surface area contributed by atoms with E-state index in [1.165, 1.54) is 0 Å². The van der Waals surface area contributed by atoms with Gasteiger partial charge in [0.1, 0.15) is 5.78 Å². The standard InChI is InChI=1S/C14H26N2O2/c1-6-14(4,5)15-13(18)11(3)16-8-7-12(17)10(2)9-16/h10-11H,6-9H2,1-5H3,(H,15,18). The molecule has 0 spiro atoms. The highest BCUT2D eigenvalue weighted by atomic mass is 16.2. The van der Waals surface area contributed by atoms with Crippen molar-refractivity contribution in [2.75, 3.05) is 13.1 Å². The summed E-state index contributed by atoms with van der Waals surface area (Å²) >= 11 is 0. The third-order valence-corrected chi connectivity index (χ3v) is 3.98. The Balaban J connectivity index is 2.56. The molecule has 0 saturated carbocycles. The zero-order chi connectivity index (χ0) is 13.9. The van der Waals surface area contributed by atoms with Crippen molar-refractivity contribution in [3.8, 4) is 0 Å². The molecular formula is C14H26N2O2. The van der Waals surface area contributed by atoms with E-state index in [0.717, 1.165) is 6.42 Å². The van der Waals surface area contributed by atoms with Gasteiger partial charge in [0.2, 0.25) is 5.91 Å². The minimum atomic E-state index is -0.164. The Bertz CT molecular complexity index is 326. The van der Waals surface area contributed by atoms with E-state index >= 15 is 0 Å². The first-order valence-electron chi connectivity index (χ1n) is 6.85. The minimum absolute atomic E-state index is 0.0492. The molecule has 0 aliphatic carbocycles. The van der Waals surface area contributed by atoms with Crippen LogP contribution in [0.4, 0.5) is 0 Å². The lowest BCUT2D eigenvalue weighted by Crippen LogP contribution is -2.54. The van der Waals surface area contributed by atoms with Gasteiger partial charge in [-0.1, -0.05) is 13.8 Å². The highest BCUT2D eigenvalue weighted by Gasteiger charge is 2.31. The Morgan fingerprint density at radius 3 is 2.67 bits per heavy atom. The van der Waals surface area contributed by atoms with Crippen molar-refractivity contribution in [2.45, 2.75) is 59.0 Å². The van der Waals surface area contributed by atoms with E-state index in [2.05, 4.69) is 17.1 Å². The zero-order valence-electron chi connectivity index (χ0n) is 12.2. The summed E-state index contributed by atoms with van der Waals surface area (Å²) in [4.78, 5) is 25.8. The fourth-order valence-corrected chi connectivity index (χ4v) is 2.09. The molecule has 1 saturated heterocycles. The third-order valence-electron chi connectivity index (χ3n) is 3.98. The molecule has 1 aliphatic rings. The van der Waals surface area contributed by atoms with Crippen molar-refractivity contribution in [3.05, 3.63) is 0 Å². The smallest absolute Gasteiger partial charge is 0.237 e. The molecule has 2 atom stereocenters. The van der Waals surface area contributed by atoms with Gasteiger partial charge in [0.05, 0.1) is 6.04 Å². The van der Waals surface area contributed by atoms with Gasteiger partial charge in [0.25, 0.3) is 0 Å². The maximum atomic E-state index is 12.2. The predicted molar refractivity (Wildman–Crippen MR) is 72.3 cm³/mol. The van der Waals surface area contributed by atoms with Gasteiger partial charge < -0.3 is 5.32 Å². The number of likely N-dealkylation sites (tertiary alicyclic amines) is 1. The van der Waals surface area contributed by atoms with Crippen LogP contribution in [-0.4, -0.2) is 41.3 Å². The lowest BCUT2D eigenvalue weighted by atomic mass is 9.96. The van der Waals surface area contributed by atoms with Crippen molar-refractivity contribution in [1.82, 2.24) is 10.2 Å². The second kappa shape index (κ2) is 5.83. The quantitative estimate of drug-likeness (QED) is 0.829. The van der Waals surface area contributed by atoms with Crippen LogP contribution in [0.1, 0.15) is 47.5 Å². The van der Waals surface area contributed by atoms with Crippen LogP contribution >= 0.6 is 0 Å². The maximum Gasteiger partial charge on any atom is 0.237 e. The van der Waals surface area contributed by atoms with E-state index in [9.17, 15) is 9.59 Å². The van der Waals surface area contributed by atoms with E-state index in [-0.39, 0.29) is 23.4 Å². The Hall–Kier alpha value is -0.900. The average molecular weight is 254 g/mol. The molecule has 1 heterocycles. The number of nitrogens with zero attached hydrogens (tertiary/aromatic N) is 1. The number of carbonyl (C=O) groups is 2. The van der Waals surface area contributed by atoms with Crippen molar-refractivity contribution < 1.29 is 9.59 Å². The van der Waals surface area contributed by atoms with Crippen LogP contribution in [0, 0.1) is 5.92 Å². The topological polar surface area (TPSA) is 49.4 Å². The minimum Gasteiger partial charge on any atom is -0.350 e. The van der Waals surface area contributed by atoms with E-state index in [1.807, 2.05) is 27.7 Å². The molecule has 104 valence electrons. The van der Waals surface area contributed by atoms with Crippen LogP contribution < -0.4 is 5.32 Å². The van der Waals surface area contributed by atoms with Crippen molar-refractivity contribution in [3.63, 3.8) is 0 Å². The SMILES string of the molecule is CCC(C)(C)NC(=O)C(C)N1CCC(=O)C(C)C1. The van der Waals surface area contributed by atoms with Crippen LogP contribution in [-0.2, 0) is 9.59 Å². The molecule has 0 aromatic rings. The molecule has 1 amide bonds. The van der Waals surface area contributed by atoms with Gasteiger partial charge in [-0.3, -0.25) is 14.5 Å². The molecule has 4 nitrogen and oxygen atoms in total. The number of hydrogen-bond donors (Lipinski definition) is 1. The summed E-state index contributed by atoms with van der Waals surface area (Å²) in [5.41, 5.74) is -0.164. The Morgan fingerprint density at radius 1 is 1.56 bits per heavy atom. The maximum absolute atomic E-state index is 12.2. The highest BCUT2D eigenvalue weighted by molar-refractivity contribution is 5.84.